The summed E-state index contributed by atoms with van der Waals surface area (Å²) in [4.78, 5) is 24.5. The molecule has 4 rings (SSSR count). The lowest BCUT2D eigenvalue weighted by Crippen LogP contribution is -2.25. The van der Waals surface area contributed by atoms with Gasteiger partial charge in [0.1, 0.15) is 16.9 Å². The molecule has 0 aliphatic carbocycles. The summed E-state index contributed by atoms with van der Waals surface area (Å²) in [7, 11) is 3.99. The van der Waals surface area contributed by atoms with Crippen molar-refractivity contribution in [3.05, 3.63) is 59.7 Å². The van der Waals surface area contributed by atoms with Gasteiger partial charge in [0, 0.05) is 26.3 Å². The highest BCUT2D eigenvalue weighted by atomic mass is 16.1. The Balaban J connectivity index is 1.77. The Morgan fingerprint density at radius 1 is 1.09 bits per heavy atom. The van der Waals surface area contributed by atoms with E-state index in [-0.39, 0.29) is 11.7 Å². The molecule has 170 valence electrons. The minimum absolute atomic E-state index is 0.217. The number of nitrogens with two attached hydrogens (primary N) is 1. The summed E-state index contributed by atoms with van der Waals surface area (Å²) < 4.78 is 1.50. The van der Waals surface area contributed by atoms with Crippen molar-refractivity contribution < 1.29 is 4.79 Å². The highest BCUT2D eigenvalue weighted by molar-refractivity contribution is 6.10. The van der Waals surface area contributed by atoms with Crippen LogP contribution in [0.15, 0.2) is 53.6 Å². The maximum Gasteiger partial charge on any atom is 0.257 e. The Morgan fingerprint density at radius 2 is 1.79 bits per heavy atom. The number of aromatic nitrogens is 3. The second-order valence-electron chi connectivity index (χ2n) is 8.15. The summed E-state index contributed by atoms with van der Waals surface area (Å²) in [6, 6.07) is 15.5. The first-order valence-electron chi connectivity index (χ1n) is 11.2. The van der Waals surface area contributed by atoms with Gasteiger partial charge in [-0.05, 0) is 36.2 Å². The van der Waals surface area contributed by atoms with E-state index in [1.54, 1.807) is 6.21 Å². The van der Waals surface area contributed by atoms with Crippen LogP contribution in [0.25, 0.3) is 22.2 Å². The van der Waals surface area contributed by atoms with E-state index in [2.05, 4.69) is 17.3 Å². The molecule has 0 aliphatic rings. The second kappa shape index (κ2) is 9.68. The molecular weight excluding hydrogens is 414 g/mol. The van der Waals surface area contributed by atoms with Crippen molar-refractivity contribution >= 4 is 45.8 Å². The number of unbranched alkanes of at least 4 members (excludes halogenated alkanes) is 2. The fourth-order valence-corrected chi connectivity index (χ4v) is 3.64. The first kappa shape index (κ1) is 22.3. The van der Waals surface area contributed by atoms with Crippen LogP contribution in [0.3, 0.4) is 0 Å². The van der Waals surface area contributed by atoms with Crippen LogP contribution < -0.4 is 16.0 Å². The summed E-state index contributed by atoms with van der Waals surface area (Å²) >= 11 is 0. The van der Waals surface area contributed by atoms with Crippen molar-refractivity contribution in [3.8, 4) is 0 Å². The van der Waals surface area contributed by atoms with Crippen LogP contribution in [-0.4, -0.2) is 47.4 Å². The van der Waals surface area contributed by atoms with Gasteiger partial charge in [0.05, 0.1) is 17.2 Å². The molecule has 2 aromatic carbocycles. The number of nitrogens with one attached hydrogen (secondary N) is 1. The number of hydrogen-bond acceptors (Lipinski definition) is 6. The van der Waals surface area contributed by atoms with Gasteiger partial charge in [-0.15, -0.1) is 0 Å². The topological polar surface area (TPSA) is 101 Å². The SMILES string of the molecule is CCCCCNC(=O)c1c(N)n(N=Cc2ccc(N(C)C)cc2)c2nc3ccccc3nc12. The number of fused-ring (bicyclic) bond motifs is 2. The molecule has 0 saturated carbocycles. The summed E-state index contributed by atoms with van der Waals surface area (Å²) in [5.41, 5.74) is 11.0. The van der Waals surface area contributed by atoms with Gasteiger partial charge in [-0.25, -0.2) is 9.97 Å². The predicted octanol–water partition coefficient (Wildman–Crippen LogP) is 4.03. The normalized spacial score (nSPS) is 11.5. The first-order chi connectivity index (χ1) is 16.0. The molecule has 0 atom stereocenters. The van der Waals surface area contributed by atoms with E-state index in [0.717, 1.165) is 30.5 Å². The molecule has 0 bridgehead atoms. The van der Waals surface area contributed by atoms with Crippen LogP contribution >= 0.6 is 0 Å². The molecule has 0 aliphatic heterocycles. The molecule has 2 heterocycles. The van der Waals surface area contributed by atoms with Crippen LogP contribution in [0.1, 0.15) is 42.1 Å². The van der Waals surface area contributed by atoms with Crippen molar-refractivity contribution in [2.45, 2.75) is 26.2 Å². The lowest BCUT2D eigenvalue weighted by molar-refractivity contribution is 0.0955. The monoisotopic (exact) mass is 443 g/mol. The largest absolute Gasteiger partial charge is 0.383 e. The van der Waals surface area contributed by atoms with E-state index < -0.39 is 0 Å². The van der Waals surface area contributed by atoms with Gasteiger partial charge in [-0.3, -0.25) is 4.79 Å². The average molecular weight is 444 g/mol. The molecular formula is C25H29N7O. The number of nitrogen functional groups attached to an aromatic ring is 1. The van der Waals surface area contributed by atoms with Gasteiger partial charge in [-0.2, -0.15) is 9.78 Å². The smallest absolute Gasteiger partial charge is 0.257 e. The molecule has 0 spiro atoms. The van der Waals surface area contributed by atoms with Crippen molar-refractivity contribution in [1.29, 1.82) is 0 Å². The lowest BCUT2D eigenvalue weighted by Gasteiger charge is -2.11. The number of nitrogens with zero attached hydrogens (tertiary/aromatic N) is 5. The number of amides is 1. The van der Waals surface area contributed by atoms with Gasteiger partial charge in [-0.1, -0.05) is 44.0 Å². The number of hydrogen-bond donors (Lipinski definition) is 2. The zero-order valence-electron chi connectivity index (χ0n) is 19.2. The van der Waals surface area contributed by atoms with Crippen molar-refractivity contribution in [2.24, 2.45) is 5.10 Å². The molecule has 2 aromatic heterocycles. The van der Waals surface area contributed by atoms with Crippen LogP contribution in [0, 0.1) is 0 Å². The molecule has 1 amide bonds. The van der Waals surface area contributed by atoms with Crippen LogP contribution in [0.2, 0.25) is 0 Å². The predicted molar refractivity (Wildman–Crippen MR) is 135 cm³/mol. The Kier molecular flexibility index (Phi) is 6.53. The third kappa shape index (κ3) is 4.64. The molecule has 0 saturated heterocycles. The van der Waals surface area contributed by atoms with Gasteiger partial charge in [0.15, 0.2) is 5.65 Å². The Hall–Kier alpha value is -3.94. The average Bonchev–Trinajstić information content (AvgIpc) is 3.09. The maximum atomic E-state index is 13.0. The highest BCUT2D eigenvalue weighted by Gasteiger charge is 2.23. The van der Waals surface area contributed by atoms with E-state index in [4.69, 9.17) is 15.7 Å². The molecule has 33 heavy (non-hydrogen) atoms. The zero-order chi connectivity index (χ0) is 23.4. The van der Waals surface area contributed by atoms with E-state index in [9.17, 15) is 4.79 Å². The molecule has 8 nitrogen and oxygen atoms in total. The zero-order valence-corrected chi connectivity index (χ0v) is 19.2. The van der Waals surface area contributed by atoms with E-state index >= 15 is 0 Å². The van der Waals surface area contributed by atoms with Crippen LogP contribution in [0.4, 0.5) is 11.5 Å². The second-order valence-corrected chi connectivity index (χ2v) is 8.15. The van der Waals surface area contributed by atoms with E-state index in [1.807, 2.05) is 67.5 Å². The summed E-state index contributed by atoms with van der Waals surface area (Å²) in [5.74, 6) is -0.0445. The summed E-state index contributed by atoms with van der Waals surface area (Å²) in [5, 5.41) is 7.53. The standard InChI is InChI=1S/C25H29N7O/c1-4-5-8-15-27-25(33)21-22-24(30-20-10-7-6-9-19(20)29-22)32(23(21)26)28-16-17-11-13-18(14-12-17)31(2)3/h6-7,9-14,16H,4-5,8,15,26H2,1-3H3,(H,27,33). The van der Waals surface area contributed by atoms with E-state index in [1.165, 1.54) is 4.68 Å². The number of carbonyl (C=O) groups is 1. The van der Waals surface area contributed by atoms with Gasteiger partial charge in [0.25, 0.3) is 5.91 Å². The fourth-order valence-electron chi connectivity index (χ4n) is 3.64. The van der Waals surface area contributed by atoms with Crippen molar-refractivity contribution in [3.63, 3.8) is 0 Å². The number of anilines is 2. The first-order valence-corrected chi connectivity index (χ1v) is 11.2. The number of carbonyl (C=O) groups excluding carboxylic acids is 1. The summed E-state index contributed by atoms with van der Waals surface area (Å²) in [6.07, 6.45) is 4.75. The number of para-hydroxylation sites is 2. The minimum atomic E-state index is -0.262. The number of benzene rings is 2. The summed E-state index contributed by atoms with van der Waals surface area (Å²) in [6.45, 7) is 2.71. The maximum absolute atomic E-state index is 13.0. The fraction of sp³-hybridized carbons (Fsp3) is 0.280. The molecule has 8 heteroatoms. The Bertz CT molecular complexity index is 1310. The van der Waals surface area contributed by atoms with E-state index in [0.29, 0.717) is 34.3 Å². The van der Waals surface area contributed by atoms with Gasteiger partial charge >= 0.3 is 0 Å². The Labute approximate surface area is 193 Å². The lowest BCUT2D eigenvalue weighted by atomic mass is 10.2. The third-order valence-electron chi connectivity index (χ3n) is 5.50. The molecule has 4 aromatic rings. The Morgan fingerprint density at radius 3 is 2.45 bits per heavy atom. The van der Waals surface area contributed by atoms with Crippen LogP contribution in [-0.2, 0) is 0 Å². The van der Waals surface area contributed by atoms with Crippen molar-refractivity contribution in [2.75, 3.05) is 31.3 Å². The molecule has 3 N–H and O–H groups in total. The van der Waals surface area contributed by atoms with Crippen molar-refractivity contribution in [1.82, 2.24) is 20.0 Å². The number of rotatable bonds is 8. The third-order valence-corrected chi connectivity index (χ3v) is 5.50. The molecule has 0 unspecified atom stereocenters. The molecule has 0 radical (unpaired) electrons. The van der Waals surface area contributed by atoms with Crippen LogP contribution in [0.5, 0.6) is 0 Å². The van der Waals surface area contributed by atoms with Gasteiger partial charge in [0.2, 0.25) is 0 Å². The highest BCUT2D eigenvalue weighted by Crippen LogP contribution is 2.28. The van der Waals surface area contributed by atoms with Gasteiger partial charge < -0.3 is 16.0 Å². The minimum Gasteiger partial charge on any atom is -0.383 e. The quantitative estimate of drug-likeness (QED) is 0.316. The molecule has 0 fully saturated rings.